The van der Waals surface area contributed by atoms with E-state index in [1.165, 1.54) is 5.56 Å². The molecule has 1 saturated heterocycles. The van der Waals surface area contributed by atoms with Crippen LogP contribution in [0.4, 0.5) is 0 Å². The van der Waals surface area contributed by atoms with Crippen LogP contribution in [0.2, 0.25) is 0 Å². The summed E-state index contributed by atoms with van der Waals surface area (Å²) < 4.78 is 9.62. The zero-order chi connectivity index (χ0) is 19.6. The number of ether oxygens (including phenoxy) is 1. The molecule has 7 nitrogen and oxygen atoms in total. The number of aromatic nitrogens is 5. The Morgan fingerprint density at radius 3 is 2.69 bits per heavy atom. The van der Waals surface area contributed by atoms with E-state index in [1.807, 2.05) is 39.7 Å². The van der Waals surface area contributed by atoms with Gasteiger partial charge in [-0.2, -0.15) is 5.10 Å². The highest BCUT2D eigenvalue weighted by Crippen LogP contribution is 2.31. The van der Waals surface area contributed by atoms with Crippen molar-refractivity contribution in [3.63, 3.8) is 0 Å². The molecule has 1 aliphatic heterocycles. The predicted octanol–water partition coefficient (Wildman–Crippen LogP) is 3.30. The van der Waals surface area contributed by atoms with E-state index >= 15 is 0 Å². The summed E-state index contributed by atoms with van der Waals surface area (Å²) in [6.07, 6.45) is 11.9. The first-order valence-corrected chi connectivity index (χ1v) is 9.99. The lowest BCUT2D eigenvalue weighted by Crippen LogP contribution is -2.32. The molecule has 0 unspecified atom stereocenters. The van der Waals surface area contributed by atoms with Crippen molar-refractivity contribution < 1.29 is 4.74 Å². The van der Waals surface area contributed by atoms with Gasteiger partial charge in [-0.3, -0.25) is 9.30 Å². The lowest BCUT2D eigenvalue weighted by Gasteiger charge is -2.31. The SMILES string of the molecule is COc1c(CN2CCC(c3cn4cccnc4n3)CC2)cccc1-n1cccn1. The zero-order valence-electron chi connectivity index (χ0n) is 16.5. The number of hydrogen-bond acceptors (Lipinski definition) is 5. The van der Waals surface area contributed by atoms with Crippen LogP contribution in [0, 0.1) is 0 Å². The molecule has 0 amide bonds. The van der Waals surface area contributed by atoms with Gasteiger partial charge in [0.05, 0.1) is 12.8 Å². The molecule has 0 spiro atoms. The number of rotatable bonds is 5. The minimum atomic E-state index is 0.491. The van der Waals surface area contributed by atoms with Gasteiger partial charge in [0.2, 0.25) is 5.78 Å². The van der Waals surface area contributed by atoms with Crippen LogP contribution < -0.4 is 4.74 Å². The van der Waals surface area contributed by atoms with Gasteiger partial charge in [0.15, 0.2) is 0 Å². The Morgan fingerprint density at radius 2 is 1.93 bits per heavy atom. The molecule has 0 saturated carbocycles. The third-order valence-electron chi connectivity index (χ3n) is 5.69. The first-order valence-electron chi connectivity index (χ1n) is 9.99. The molecule has 5 rings (SSSR count). The van der Waals surface area contributed by atoms with E-state index in [0.717, 1.165) is 55.4 Å². The van der Waals surface area contributed by atoms with Gasteiger partial charge in [-0.05, 0) is 44.1 Å². The van der Waals surface area contributed by atoms with Gasteiger partial charge < -0.3 is 4.74 Å². The standard InChI is InChI=1S/C22H24N6O/c1-29-21-18(5-2-6-20(21)28-12-4-10-24-28)15-26-13-7-17(8-14-26)19-16-27-11-3-9-23-22(27)25-19/h2-6,9-12,16-17H,7-8,13-15H2,1H3. The third-order valence-corrected chi connectivity index (χ3v) is 5.69. The Bertz CT molecular complexity index is 1060. The fourth-order valence-corrected chi connectivity index (χ4v) is 4.20. The summed E-state index contributed by atoms with van der Waals surface area (Å²) in [7, 11) is 1.73. The lowest BCUT2D eigenvalue weighted by atomic mass is 9.93. The van der Waals surface area contributed by atoms with Crippen molar-refractivity contribution in [1.82, 2.24) is 29.0 Å². The molecule has 1 aromatic carbocycles. The van der Waals surface area contributed by atoms with Gasteiger partial charge in [-0.15, -0.1) is 0 Å². The fourth-order valence-electron chi connectivity index (χ4n) is 4.20. The van der Waals surface area contributed by atoms with Crippen LogP contribution in [-0.4, -0.2) is 49.2 Å². The fraction of sp³-hybridized carbons (Fsp3) is 0.318. The van der Waals surface area contributed by atoms with Crippen molar-refractivity contribution >= 4 is 5.78 Å². The summed E-state index contributed by atoms with van der Waals surface area (Å²) in [5, 5.41) is 4.35. The molecule has 0 radical (unpaired) electrons. The average molecular weight is 388 g/mol. The Labute approximate surface area is 169 Å². The summed E-state index contributed by atoms with van der Waals surface area (Å²) in [5.74, 6) is 2.17. The van der Waals surface area contributed by atoms with Gasteiger partial charge in [0, 0.05) is 49.0 Å². The van der Waals surface area contributed by atoms with Gasteiger partial charge in [-0.25, -0.2) is 14.6 Å². The van der Waals surface area contributed by atoms with E-state index in [0.29, 0.717) is 5.92 Å². The number of hydrogen-bond donors (Lipinski definition) is 0. The summed E-state index contributed by atoms with van der Waals surface area (Å²) in [4.78, 5) is 11.5. The van der Waals surface area contributed by atoms with Crippen molar-refractivity contribution in [3.8, 4) is 11.4 Å². The Balaban J connectivity index is 1.29. The molecule has 1 aliphatic rings. The average Bonchev–Trinajstić information content (AvgIpc) is 3.44. The molecule has 4 heterocycles. The second-order valence-corrected chi connectivity index (χ2v) is 7.46. The molecular weight excluding hydrogens is 364 g/mol. The number of likely N-dealkylation sites (tertiary alicyclic amines) is 1. The van der Waals surface area contributed by atoms with Crippen molar-refractivity contribution in [2.24, 2.45) is 0 Å². The molecule has 3 aromatic heterocycles. The monoisotopic (exact) mass is 388 g/mol. The quantitative estimate of drug-likeness (QED) is 0.525. The second kappa shape index (κ2) is 7.67. The minimum Gasteiger partial charge on any atom is -0.494 e. The highest BCUT2D eigenvalue weighted by molar-refractivity contribution is 5.51. The van der Waals surface area contributed by atoms with Crippen molar-refractivity contribution in [3.05, 3.63) is 72.6 Å². The minimum absolute atomic E-state index is 0.491. The third kappa shape index (κ3) is 3.49. The number of methoxy groups -OCH3 is 1. The molecule has 148 valence electrons. The van der Waals surface area contributed by atoms with Crippen molar-refractivity contribution in [1.29, 1.82) is 0 Å². The van der Waals surface area contributed by atoms with E-state index in [1.54, 1.807) is 19.5 Å². The summed E-state index contributed by atoms with van der Waals surface area (Å²) in [6.45, 7) is 2.96. The van der Waals surface area contributed by atoms with Crippen LogP contribution >= 0.6 is 0 Å². The Kier molecular flexibility index (Phi) is 4.73. The van der Waals surface area contributed by atoms with Crippen LogP contribution in [-0.2, 0) is 6.54 Å². The highest BCUT2D eigenvalue weighted by Gasteiger charge is 2.24. The lowest BCUT2D eigenvalue weighted by molar-refractivity contribution is 0.201. The van der Waals surface area contributed by atoms with E-state index < -0.39 is 0 Å². The van der Waals surface area contributed by atoms with E-state index in [-0.39, 0.29) is 0 Å². The predicted molar refractivity (Wildman–Crippen MR) is 110 cm³/mol. The van der Waals surface area contributed by atoms with Crippen molar-refractivity contribution in [2.45, 2.75) is 25.3 Å². The summed E-state index contributed by atoms with van der Waals surface area (Å²) in [6, 6.07) is 10.1. The van der Waals surface area contributed by atoms with Gasteiger partial charge in [0.1, 0.15) is 11.4 Å². The maximum Gasteiger partial charge on any atom is 0.233 e. The second-order valence-electron chi connectivity index (χ2n) is 7.46. The van der Waals surface area contributed by atoms with Crippen LogP contribution in [0.15, 0.2) is 61.3 Å². The molecule has 29 heavy (non-hydrogen) atoms. The van der Waals surface area contributed by atoms with Gasteiger partial charge in [0.25, 0.3) is 0 Å². The summed E-state index contributed by atoms with van der Waals surface area (Å²) >= 11 is 0. The maximum absolute atomic E-state index is 5.76. The van der Waals surface area contributed by atoms with Crippen LogP contribution in [0.3, 0.4) is 0 Å². The van der Waals surface area contributed by atoms with Crippen molar-refractivity contribution in [2.75, 3.05) is 20.2 Å². The molecule has 7 heteroatoms. The van der Waals surface area contributed by atoms with Gasteiger partial charge >= 0.3 is 0 Å². The molecule has 0 bridgehead atoms. The first kappa shape index (κ1) is 17.9. The highest BCUT2D eigenvalue weighted by atomic mass is 16.5. The largest absolute Gasteiger partial charge is 0.494 e. The molecular formula is C22H24N6O. The normalized spacial score (nSPS) is 15.8. The van der Waals surface area contributed by atoms with E-state index in [2.05, 4.69) is 33.3 Å². The van der Waals surface area contributed by atoms with Crippen LogP contribution in [0.25, 0.3) is 11.5 Å². The summed E-state index contributed by atoms with van der Waals surface area (Å²) in [5.41, 5.74) is 3.32. The maximum atomic E-state index is 5.76. The molecule has 0 aliphatic carbocycles. The molecule has 4 aromatic rings. The molecule has 1 fully saturated rings. The van der Waals surface area contributed by atoms with Crippen LogP contribution in [0.5, 0.6) is 5.75 Å². The Morgan fingerprint density at radius 1 is 1.07 bits per heavy atom. The molecule has 0 atom stereocenters. The number of fused-ring (bicyclic) bond motifs is 1. The number of piperidine rings is 1. The number of nitrogens with zero attached hydrogens (tertiary/aromatic N) is 6. The zero-order valence-corrected chi connectivity index (χ0v) is 16.5. The molecule has 0 N–H and O–H groups in total. The topological polar surface area (TPSA) is 60.5 Å². The van der Waals surface area contributed by atoms with Gasteiger partial charge in [-0.1, -0.05) is 12.1 Å². The number of para-hydroxylation sites is 1. The van der Waals surface area contributed by atoms with E-state index in [9.17, 15) is 0 Å². The smallest absolute Gasteiger partial charge is 0.233 e. The number of imidazole rings is 1. The Hall–Kier alpha value is -3.19. The first-order chi connectivity index (χ1) is 14.3. The number of benzene rings is 1. The van der Waals surface area contributed by atoms with E-state index in [4.69, 9.17) is 9.72 Å². The van der Waals surface area contributed by atoms with Crippen LogP contribution in [0.1, 0.15) is 30.0 Å².